The van der Waals surface area contributed by atoms with Crippen LogP contribution < -0.4 is 4.74 Å². The van der Waals surface area contributed by atoms with Crippen LogP contribution in [0.2, 0.25) is 5.02 Å². The molecule has 0 radical (unpaired) electrons. The van der Waals surface area contributed by atoms with E-state index in [2.05, 4.69) is 0 Å². The maximum atomic E-state index is 12.4. The zero-order valence-corrected chi connectivity index (χ0v) is 25.2. The fraction of sp³-hybridized carbons (Fsp3) is 0.452. The number of esters is 4. The first-order valence-corrected chi connectivity index (χ1v) is 14.1. The van der Waals surface area contributed by atoms with Gasteiger partial charge in [-0.2, -0.15) is 0 Å². The van der Waals surface area contributed by atoms with Crippen LogP contribution in [0.5, 0.6) is 5.75 Å². The van der Waals surface area contributed by atoms with Crippen LogP contribution in [0.4, 0.5) is 0 Å². The molecule has 0 saturated carbocycles. The fourth-order valence-electron chi connectivity index (χ4n) is 5.35. The van der Waals surface area contributed by atoms with Crippen LogP contribution in [0.3, 0.4) is 0 Å². The van der Waals surface area contributed by atoms with Gasteiger partial charge in [-0.15, -0.1) is 0 Å². The van der Waals surface area contributed by atoms with E-state index in [1.165, 1.54) is 34.6 Å². The highest BCUT2D eigenvalue weighted by Gasteiger charge is 2.53. The molecule has 1 saturated heterocycles. The second-order valence-electron chi connectivity index (χ2n) is 10.4. The van der Waals surface area contributed by atoms with Gasteiger partial charge in [0.05, 0.1) is 11.6 Å². The third-order valence-electron chi connectivity index (χ3n) is 7.08. The lowest BCUT2D eigenvalue weighted by Gasteiger charge is -2.45. The summed E-state index contributed by atoms with van der Waals surface area (Å²) < 4.78 is 34.3. The molecule has 230 valence electrons. The van der Waals surface area contributed by atoms with Crippen molar-refractivity contribution >= 4 is 41.3 Å². The minimum atomic E-state index is -1.30. The Labute approximate surface area is 253 Å². The van der Waals surface area contributed by atoms with E-state index in [4.69, 9.17) is 40.0 Å². The highest BCUT2D eigenvalue weighted by molar-refractivity contribution is 6.33. The van der Waals surface area contributed by atoms with Crippen LogP contribution >= 0.6 is 11.6 Å². The lowest BCUT2D eigenvalue weighted by Crippen LogP contribution is -2.59. The number of benzene rings is 2. The fourth-order valence-corrected chi connectivity index (χ4v) is 5.64. The van der Waals surface area contributed by atoms with Gasteiger partial charge in [0.1, 0.15) is 24.6 Å². The Hall–Kier alpha value is -3.96. The SMILES string of the molecule is CC(=O)OC[C@H]1O[C@@H](c2cc(Cc3ccc(C(C)=O)cc3)c(Cl)c3c2CCO3)[C@H](OC(C)=O)[C@@H](OC(C)=O)[C@@H]1OC(C)=O. The summed E-state index contributed by atoms with van der Waals surface area (Å²) in [6, 6.07) is 8.94. The van der Waals surface area contributed by atoms with E-state index in [1.807, 2.05) is 18.2 Å². The van der Waals surface area contributed by atoms with Gasteiger partial charge in [0, 0.05) is 45.2 Å². The van der Waals surface area contributed by atoms with E-state index in [9.17, 15) is 24.0 Å². The first-order valence-electron chi connectivity index (χ1n) is 13.7. The average Bonchev–Trinajstić information content (AvgIpc) is 3.42. The Bertz CT molecular complexity index is 1420. The van der Waals surface area contributed by atoms with E-state index in [1.54, 1.807) is 12.1 Å². The van der Waals surface area contributed by atoms with Crippen molar-refractivity contribution in [3.63, 3.8) is 0 Å². The molecule has 0 N–H and O–H groups in total. The number of carbonyl (C=O) groups is 5. The Balaban J connectivity index is 1.84. The van der Waals surface area contributed by atoms with Gasteiger partial charge in [0.2, 0.25) is 0 Å². The molecule has 2 aliphatic rings. The number of rotatable bonds is 9. The molecule has 0 amide bonds. The monoisotopic (exact) mass is 616 g/mol. The topological polar surface area (TPSA) is 141 Å². The van der Waals surface area contributed by atoms with Crippen molar-refractivity contribution in [1.82, 2.24) is 0 Å². The number of halogens is 1. The Kier molecular flexibility index (Phi) is 10.1. The molecule has 2 heterocycles. The molecule has 43 heavy (non-hydrogen) atoms. The number of ether oxygens (including phenoxy) is 6. The van der Waals surface area contributed by atoms with Gasteiger partial charge in [0.15, 0.2) is 24.1 Å². The number of Topliss-reactive ketones (excluding diaryl/α,β-unsaturated/α-hetero) is 1. The van der Waals surface area contributed by atoms with E-state index >= 15 is 0 Å². The first kappa shape index (κ1) is 32.0. The van der Waals surface area contributed by atoms with Gasteiger partial charge in [-0.1, -0.05) is 41.9 Å². The minimum absolute atomic E-state index is 0.0542. The molecule has 0 unspecified atom stereocenters. The number of hydrogen-bond acceptors (Lipinski definition) is 11. The van der Waals surface area contributed by atoms with Gasteiger partial charge in [-0.25, -0.2) is 0 Å². The number of carbonyl (C=O) groups excluding carboxylic acids is 5. The van der Waals surface area contributed by atoms with Crippen molar-refractivity contribution < 1.29 is 52.4 Å². The first-order chi connectivity index (χ1) is 20.3. The standard InChI is InChI=1S/C31H33ClO11/c1-15(33)21-8-6-20(7-9-21)12-22-13-24(23-10-11-38-27(23)26(22)32)28-30(41-18(4)36)31(42-19(5)37)29(40-17(3)35)25(43-28)14-39-16(2)34/h6-9,13,25,28-31H,10-12,14H2,1-5H3/t25-,28+,29-,30+,31+/m1/s1. The summed E-state index contributed by atoms with van der Waals surface area (Å²) in [6.07, 6.45) is -5.15. The quantitative estimate of drug-likeness (QED) is 0.230. The summed E-state index contributed by atoms with van der Waals surface area (Å²) in [5, 5.41) is 0.400. The van der Waals surface area contributed by atoms with Crippen LogP contribution in [0.1, 0.15) is 73.3 Å². The van der Waals surface area contributed by atoms with Crippen molar-refractivity contribution in [3.05, 3.63) is 63.2 Å². The predicted molar refractivity (Wildman–Crippen MR) is 151 cm³/mol. The van der Waals surface area contributed by atoms with Gasteiger partial charge in [0.25, 0.3) is 0 Å². The molecule has 0 aromatic heterocycles. The molecule has 12 heteroatoms. The van der Waals surface area contributed by atoms with Crippen LogP contribution in [0.25, 0.3) is 0 Å². The molecule has 4 rings (SSSR count). The van der Waals surface area contributed by atoms with E-state index in [0.29, 0.717) is 52.5 Å². The van der Waals surface area contributed by atoms with Crippen molar-refractivity contribution in [2.24, 2.45) is 0 Å². The molecule has 0 aliphatic carbocycles. The predicted octanol–water partition coefficient (Wildman–Crippen LogP) is 3.87. The van der Waals surface area contributed by atoms with E-state index in [0.717, 1.165) is 5.56 Å². The highest BCUT2D eigenvalue weighted by atomic mass is 35.5. The van der Waals surface area contributed by atoms with Crippen LogP contribution in [0.15, 0.2) is 30.3 Å². The smallest absolute Gasteiger partial charge is 0.303 e. The molecule has 2 aliphatic heterocycles. The molecule has 2 aromatic rings. The maximum Gasteiger partial charge on any atom is 0.303 e. The third-order valence-corrected chi connectivity index (χ3v) is 7.50. The Morgan fingerprint density at radius 2 is 1.44 bits per heavy atom. The van der Waals surface area contributed by atoms with Crippen LogP contribution in [-0.4, -0.2) is 67.3 Å². The normalized spacial score (nSPS) is 22.5. The molecule has 5 atom stereocenters. The minimum Gasteiger partial charge on any atom is -0.491 e. The van der Waals surface area contributed by atoms with Crippen LogP contribution in [0, 0.1) is 0 Å². The lowest BCUT2D eigenvalue weighted by atomic mass is 9.86. The van der Waals surface area contributed by atoms with Gasteiger partial charge in [-0.3, -0.25) is 24.0 Å². The number of hydrogen-bond donors (Lipinski definition) is 0. The summed E-state index contributed by atoms with van der Waals surface area (Å²) in [6.45, 7) is 6.23. The summed E-state index contributed by atoms with van der Waals surface area (Å²) in [5.74, 6) is -2.33. The molecular weight excluding hydrogens is 584 g/mol. The van der Waals surface area contributed by atoms with Crippen molar-refractivity contribution in [1.29, 1.82) is 0 Å². The van der Waals surface area contributed by atoms with Crippen LogP contribution in [-0.2, 0) is 55.7 Å². The largest absolute Gasteiger partial charge is 0.491 e. The summed E-state index contributed by atoms with van der Waals surface area (Å²) in [5.41, 5.74) is 3.38. The molecular formula is C31H33ClO11. The Morgan fingerprint density at radius 3 is 2.02 bits per heavy atom. The summed E-state index contributed by atoms with van der Waals surface area (Å²) in [7, 11) is 0. The highest BCUT2D eigenvalue weighted by Crippen LogP contribution is 2.46. The zero-order valence-electron chi connectivity index (χ0n) is 24.5. The average molecular weight is 617 g/mol. The van der Waals surface area contributed by atoms with E-state index < -0.39 is 54.4 Å². The number of fused-ring (bicyclic) bond motifs is 1. The molecule has 0 spiro atoms. The molecule has 11 nitrogen and oxygen atoms in total. The second kappa shape index (κ2) is 13.6. The molecule has 1 fully saturated rings. The summed E-state index contributed by atoms with van der Waals surface area (Å²) in [4.78, 5) is 60.1. The third kappa shape index (κ3) is 7.52. The van der Waals surface area contributed by atoms with Crippen molar-refractivity contribution in [2.75, 3.05) is 13.2 Å². The Morgan fingerprint density at radius 1 is 0.837 bits per heavy atom. The van der Waals surface area contributed by atoms with Crippen molar-refractivity contribution in [3.8, 4) is 5.75 Å². The van der Waals surface area contributed by atoms with Gasteiger partial charge < -0.3 is 28.4 Å². The molecule has 0 bridgehead atoms. The zero-order chi connectivity index (χ0) is 31.4. The second-order valence-corrected chi connectivity index (χ2v) is 10.8. The molecule has 2 aromatic carbocycles. The summed E-state index contributed by atoms with van der Waals surface area (Å²) >= 11 is 6.82. The van der Waals surface area contributed by atoms with Crippen molar-refractivity contribution in [2.45, 2.75) is 78.0 Å². The lowest BCUT2D eigenvalue weighted by molar-refractivity contribution is -0.254. The van der Waals surface area contributed by atoms with Gasteiger partial charge in [-0.05, 0) is 30.0 Å². The number of ketones is 1. The van der Waals surface area contributed by atoms with Gasteiger partial charge >= 0.3 is 23.9 Å². The maximum absolute atomic E-state index is 12.4. The van der Waals surface area contributed by atoms with E-state index in [-0.39, 0.29) is 12.4 Å².